The molecule has 2 fully saturated rings. The fraction of sp³-hybridized carbons (Fsp3) is 0.909. The molecule has 0 bridgehead atoms. The van der Waals surface area contributed by atoms with Gasteiger partial charge in [0.2, 0.25) is 5.91 Å². The van der Waals surface area contributed by atoms with Crippen LogP contribution in [-0.2, 0) is 4.79 Å². The minimum absolute atomic E-state index is 0.264. The molecule has 1 saturated carbocycles. The van der Waals surface area contributed by atoms with Crippen LogP contribution in [0, 0.1) is 10.8 Å². The maximum Gasteiger partial charge on any atom is 0.236 e. The van der Waals surface area contributed by atoms with Gasteiger partial charge in [-0.25, -0.2) is 0 Å². The molecule has 0 spiro atoms. The average Bonchev–Trinajstić information content (AvgIpc) is 2.46. The molecule has 0 aromatic rings. The lowest BCUT2D eigenvalue weighted by molar-refractivity contribution is -0.133. The summed E-state index contributed by atoms with van der Waals surface area (Å²) in [4.78, 5) is 13.8. The van der Waals surface area contributed by atoms with Crippen molar-refractivity contribution in [3.63, 3.8) is 0 Å². The lowest BCUT2D eigenvalue weighted by Gasteiger charge is -2.29. The first-order valence-corrected chi connectivity index (χ1v) is 5.39. The van der Waals surface area contributed by atoms with E-state index in [1.807, 2.05) is 0 Å². The topological polar surface area (TPSA) is 32.3 Å². The van der Waals surface area contributed by atoms with Crippen LogP contribution in [0.5, 0.6) is 0 Å². The van der Waals surface area contributed by atoms with Crippen molar-refractivity contribution in [2.45, 2.75) is 33.7 Å². The molecule has 1 N–H and O–H groups in total. The number of hydrogen-bond donors (Lipinski definition) is 1. The lowest BCUT2D eigenvalue weighted by Crippen LogP contribution is -2.50. The van der Waals surface area contributed by atoms with Crippen LogP contribution >= 0.6 is 0 Å². The van der Waals surface area contributed by atoms with E-state index in [9.17, 15) is 4.79 Å². The molecule has 0 radical (unpaired) electrons. The van der Waals surface area contributed by atoms with E-state index in [-0.39, 0.29) is 16.7 Å². The first kappa shape index (κ1) is 9.97. The Balaban J connectivity index is 2.14. The van der Waals surface area contributed by atoms with Gasteiger partial charge in [0.25, 0.3) is 0 Å². The zero-order valence-corrected chi connectivity index (χ0v) is 9.55. The maximum absolute atomic E-state index is 11.7. The van der Waals surface area contributed by atoms with Crippen LogP contribution in [0.2, 0.25) is 0 Å². The molecule has 1 amide bonds. The molecule has 0 atom stereocenters. The Morgan fingerprint density at radius 3 is 2.29 bits per heavy atom. The van der Waals surface area contributed by atoms with Gasteiger partial charge in [0.05, 0.1) is 6.54 Å². The summed E-state index contributed by atoms with van der Waals surface area (Å²) in [7, 11) is 0. The molecule has 0 aromatic carbocycles. The molecular formula is C11H20N2O. The molecule has 1 aliphatic carbocycles. The van der Waals surface area contributed by atoms with Gasteiger partial charge in [-0.05, 0) is 10.8 Å². The Morgan fingerprint density at radius 1 is 1.29 bits per heavy atom. The van der Waals surface area contributed by atoms with E-state index in [1.54, 1.807) is 0 Å². The zero-order chi connectivity index (χ0) is 10.6. The zero-order valence-electron chi connectivity index (χ0n) is 9.55. The van der Waals surface area contributed by atoms with E-state index >= 15 is 0 Å². The van der Waals surface area contributed by atoms with Gasteiger partial charge in [0.15, 0.2) is 0 Å². The molecule has 3 heteroatoms. The Labute approximate surface area is 85.8 Å². The van der Waals surface area contributed by atoms with Crippen molar-refractivity contribution in [1.29, 1.82) is 0 Å². The highest BCUT2D eigenvalue weighted by Crippen LogP contribution is 2.65. The molecular weight excluding hydrogens is 176 g/mol. The Morgan fingerprint density at radius 2 is 1.86 bits per heavy atom. The summed E-state index contributed by atoms with van der Waals surface area (Å²) < 4.78 is 0. The van der Waals surface area contributed by atoms with Crippen molar-refractivity contribution in [2.24, 2.45) is 10.8 Å². The summed E-state index contributed by atoms with van der Waals surface area (Å²) >= 11 is 0. The van der Waals surface area contributed by atoms with E-state index in [1.165, 1.54) is 0 Å². The van der Waals surface area contributed by atoms with Crippen LogP contribution in [0.1, 0.15) is 27.7 Å². The van der Waals surface area contributed by atoms with Gasteiger partial charge < -0.3 is 10.2 Å². The number of amides is 1. The summed E-state index contributed by atoms with van der Waals surface area (Å²) in [5.41, 5.74) is 0.556. The van der Waals surface area contributed by atoms with Gasteiger partial charge in [-0.1, -0.05) is 27.7 Å². The van der Waals surface area contributed by atoms with E-state index in [4.69, 9.17) is 0 Å². The van der Waals surface area contributed by atoms with Gasteiger partial charge in [-0.15, -0.1) is 0 Å². The van der Waals surface area contributed by atoms with Crippen molar-refractivity contribution >= 4 is 5.91 Å². The van der Waals surface area contributed by atoms with Crippen molar-refractivity contribution in [3.8, 4) is 0 Å². The van der Waals surface area contributed by atoms with Crippen LogP contribution < -0.4 is 5.32 Å². The quantitative estimate of drug-likeness (QED) is 0.674. The molecule has 3 nitrogen and oxygen atoms in total. The second-order valence-electron chi connectivity index (χ2n) is 5.61. The van der Waals surface area contributed by atoms with Crippen LogP contribution in [0.25, 0.3) is 0 Å². The maximum atomic E-state index is 11.7. The van der Waals surface area contributed by atoms with E-state index in [2.05, 4.69) is 37.9 Å². The fourth-order valence-electron chi connectivity index (χ4n) is 2.83. The molecule has 1 saturated heterocycles. The average molecular weight is 196 g/mol. The summed E-state index contributed by atoms with van der Waals surface area (Å²) in [6.45, 7) is 11.4. The van der Waals surface area contributed by atoms with Crippen molar-refractivity contribution in [2.75, 3.05) is 19.6 Å². The molecule has 14 heavy (non-hydrogen) atoms. The first-order valence-electron chi connectivity index (χ1n) is 5.39. The third-order valence-corrected chi connectivity index (χ3v) is 4.38. The van der Waals surface area contributed by atoms with E-state index in [0.29, 0.717) is 12.6 Å². The molecule has 80 valence electrons. The Bertz CT molecular complexity index is 256. The minimum atomic E-state index is 0.264. The van der Waals surface area contributed by atoms with Crippen molar-refractivity contribution < 1.29 is 4.79 Å². The van der Waals surface area contributed by atoms with Gasteiger partial charge in [-0.2, -0.15) is 0 Å². The van der Waals surface area contributed by atoms with Crippen LogP contribution in [0.3, 0.4) is 0 Å². The predicted molar refractivity (Wildman–Crippen MR) is 55.9 cm³/mol. The summed E-state index contributed by atoms with van der Waals surface area (Å²) in [5, 5.41) is 3.11. The number of piperazine rings is 1. The molecule has 0 unspecified atom stereocenters. The summed E-state index contributed by atoms with van der Waals surface area (Å²) in [6, 6.07) is 0.435. The summed E-state index contributed by atoms with van der Waals surface area (Å²) in [5.74, 6) is 0.264. The monoisotopic (exact) mass is 196 g/mol. The van der Waals surface area contributed by atoms with E-state index < -0.39 is 0 Å². The smallest absolute Gasteiger partial charge is 0.236 e. The molecule has 2 aliphatic rings. The highest BCUT2D eigenvalue weighted by Gasteiger charge is 2.68. The standard InChI is InChI=1S/C11H20N2O/c1-10(2)9(11(10,3)4)13-6-5-12-7-8(13)14/h9,12H,5-7H2,1-4H3. The number of nitrogens with zero attached hydrogens (tertiary/aromatic N) is 1. The largest absolute Gasteiger partial charge is 0.336 e. The van der Waals surface area contributed by atoms with Gasteiger partial charge in [0, 0.05) is 19.1 Å². The normalized spacial score (nSPS) is 30.6. The Kier molecular flexibility index (Phi) is 1.94. The third-order valence-electron chi connectivity index (χ3n) is 4.38. The first-order chi connectivity index (χ1) is 6.39. The van der Waals surface area contributed by atoms with Crippen LogP contribution in [-0.4, -0.2) is 36.5 Å². The second kappa shape index (κ2) is 2.72. The molecule has 0 aromatic heterocycles. The number of carbonyl (C=O) groups is 1. The SMILES string of the molecule is CC1(C)C(N2CCNCC2=O)C1(C)C. The molecule has 1 aliphatic heterocycles. The minimum Gasteiger partial charge on any atom is -0.336 e. The van der Waals surface area contributed by atoms with Crippen LogP contribution in [0.4, 0.5) is 0 Å². The van der Waals surface area contributed by atoms with Crippen molar-refractivity contribution in [1.82, 2.24) is 10.2 Å². The fourth-order valence-corrected chi connectivity index (χ4v) is 2.83. The number of hydrogen-bond acceptors (Lipinski definition) is 2. The molecule has 2 rings (SSSR count). The number of carbonyl (C=O) groups excluding carboxylic acids is 1. The number of rotatable bonds is 1. The summed E-state index contributed by atoms with van der Waals surface area (Å²) in [6.07, 6.45) is 0. The van der Waals surface area contributed by atoms with Gasteiger partial charge >= 0.3 is 0 Å². The van der Waals surface area contributed by atoms with Crippen LogP contribution in [0.15, 0.2) is 0 Å². The third kappa shape index (κ3) is 1.11. The predicted octanol–water partition coefficient (Wildman–Crippen LogP) is 0.853. The molecule has 1 heterocycles. The highest BCUT2D eigenvalue weighted by molar-refractivity contribution is 5.80. The number of nitrogens with one attached hydrogen (secondary N) is 1. The van der Waals surface area contributed by atoms with Gasteiger partial charge in [0.1, 0.15) is 0 Å². The Hall–Kier alpha value is -0.570. The highest BCUT2D eigenvalue weighted by atomic mass is 16.2. The van der Waals surface area contributed by atoms with Gasteiger partial charge in [-0.3, -0.25) is 4.79 Å². The van der Waals surface area contributed by atoms with E-state index in [0.717, 1.165) is 13.1 Å². The second-order valence-corrected chi connectivity index (χ2v) is 5.61. The lowest BCUT2D eigenvalue weighted by atomic mass is 10.0. The van der Waals surface area contributed by atoms with Crippen molar-refractivity contribution in [3.05, 3.63) is 0 Å².